The van der Waals surface area contributed by atoms with Gasteiger partial charge in [-0.2, -0.15) is 0 Å². The largest absolute Gasteiger partial charge is 0.462 e. The van der Waals surface area contributed by atoms with Crippen molar-refractivity contribution in [3.63, 3.8) is 0 Å². The number of hydrogen-bond acceptors (Lipinski definition) is 5. The Morgan fingerprint density at radius 2 is 2.00 bits per heavy atom. The van der Waals surface area contributed by atoms with Crippen molar-refractivity contribution in [2.45, 2.75) is 13.8 Å². The molecule has 29 heavy (non-hydrogen) atoms. The van der Waals surface area contributed by atoms with Gasteiger partial charge < -0.3 is 15.4 Å². The molecule has 1 aliphatic rings. The lowest BCUT2D eigenvalue weighted by Gasteiger charge is -2.12. The lowest BCUT2D eigenvalue weighted by Crippen LogP contribution is -2.34. The highest BCUT2D eigenvalue weighted by Gasteiger charge is 2.25. The number of amides is 1. The highest BCUT2D eigenvalue weighted by Crippen LogP contribution is 2.30. The minimum absolute atomic E-state index is 0.124. The van der Waals surface area contributed by atoms with Crippen LogP contribution in [0, 0.1) is 0 Å². The Balaban J connectivity index is 1.92. The molecule has 0 radical (unpaired) electrons. The summed E-state index contributed by atoms with van der Waals surface area (Å²) in [6, 6.07) is 14.4. The summed E-state index contributed by atoms with van der Waals surface area (Å²) in [6.07, 6.45) is 2.99. The second kappa shape index (κ2) is 9.21. The number of nitrogens with zero attached hydrogens (tertiary/aromatic N) is 1. The number of benzene rings is 2. The Morgan fingerprint density at radius 1 is 1.21 bits per heavy atom. The Kier molecular flexibility index (Phi) is 6.46. The SMILES string of the molecule is CCOC(=O)C1=C(C)Nc2ccccc2N=C1NC(=O)C=Cc1cccc(Cl)c1. The van der Waals surface area contributed by atoms with Crippen molar-refractivity contribution < 1.29 is 14.3 Å². The summed E-state index contributed by atoms with van der Waals surface area (Å²) in [5, 5.41) is 6.43. The minimum atomic E-state index is -0.567. The van der Waals surface area contributed by atoms with Crippen LogP contribution in [-0.4, -0.2) is 24.3 Å². The molecule has 0 saturated heterocycles. The molecule has 0 bridgehead atoms. The van der Waals surface area contributed by atoms with E-state index in [9.17, 15) is 9.59 Å². The molecule has 1 aliphatic heterocycles. The summed E-state index contributed by atoms with van der Waals surface area (Å²) in [5.41, 5.74) is 2.81. The number of fused-ring (bicyclic) bond motifs is 1. The summed E-state index contributed by atoms with van der Waals surface area (Å²) in [7, 11) is 0. The third kappa shape index (κ3) is 5.12. The van der Waals surface area contributed by atoms with Crippen molar-refractivity contribution in [1.29, 1.82) is 0 Å². The minimum Gasteiger partial charge on any atom is -0.462 e. The number of esters is 1. The van der Waals surface area contributed by atoms with Crippen molar-refractivity contribution in [3.8, 4) is 0 Å². The van der Waals surface area contributed by atoms with Crippen LogP contribution < -0.4 is 10.6 Å². The average Bonchev–Trinajstić information content (AvgIpc) is 2.81. The van der Waals surface area contributed by atoms with Crippen molar-refractivity contribution in [2.75, 3.05) is 11.9 Å². The van der Waals surface area contributed by atoms with Crippen LogP contribution in [0.15, 0.2) is 70.9 Å². The lowest BCUT2D eigenvalue weighted by molar-refractivity contribution is -0.137. The number of para-hydroxylation sites is 2. The molecule has 7 heteroatoms. The maximum absolute atomic E-state index is 12.5. The van der Waals surface area contributed by atoms with Gasteiger partial charge in [0, 0.05) is 16.8 Å². The van der Waals surface area contributed by atoms with Gasteiger partial charge in [-0.05, 0) is 49.8 Å². The van der Waals surface area contributed by atoms with E-state index in [1.807, 2.05) is 24.3 Å². The van der Waals surface area contributed by atoms with Gasteiger partial charge >= 0.3 is 5.97 Å². The van der Waals surface area contributed by atoms with Crippen LogP contribution in [0.4, 0.5) is 11.4 Å². The first kappa shape index (κ1) is 20.4. The van der Waals surface area contributed by atoms with Gasteiger partial charge in [0.2, 0.25) is 5.91 Å². The summed E-state index contributed by atoms with van der Waals surface area (Å²) in [4.78, 5) is 29.5. The van der Waals surface area contributed by atoms with E-state index in [2.05, 4.69) is 15.6 Å². The first-order chi connectivity index (χ1) is 14.0. The van der Waals surface area contributed by atoms with E-state index in [4.69, 9.17) is 16.3 Å². The highest BCUT2D eigenvalue weighted by molar-refractivity contribution is 6.30. The van der Waals surface area contributed by atoms with Gasteiger partial charge in [-0.25, -0.2) is 9.79 Å². The zero-order valence-electron chi connectivity index (χ0n) is 16.0. The number of carbonyl (C=O) groups is 2. The number of hydrogen-bond donors (Lipinski definition) is 2. The molecule has 0 saturated carbocycles. The van der Waals surface area contributed by atoms with E-state index in [1.54, 1.807) is 44.2 Å². The molecule has 6 nitrogen and oxygen atoms in total. The number of carbonyl (C=O) groups excluding carboxylic acids is 2. The van der Waals surface area contributed by atoms with Crippen LogP contribution in [-0.2, 0) is 14.3 Å². The molecular weight excluding hydrogens is 390 g/mol. The van der Waals surface area contributed by atoms with Gasteiger partial charge in [-0.3, -0.25) is 4.79 Å². The van der Waals surface area contributed by atoms with E-state index < -0.39 is 11.9 Å². The molecule has 0 atom stereocenters. The van der Waals surface area contributed by atoms with E-state index in [1.165, 1.54) is 6.08 Å². The maximum atomic E-state index is 12.5. The quantitative estimate of drug-likeness (QED) is 0.577. The van der Waals surface area contributed by atoms with E-state index >= 15 is 0 Å². The van der Waals surface area contributed by atoms with Crippen LogP contribution in [0.1, 0.15) is 19.4 Å². The predicted octanol–water partition coefficient (Wildman–Crippen LogP) is 4.46. The summed E-state index contributed by atoms with van der Waals surface area (Å²) in [5.74, 6) is -0.875. The van der Waals surface area contributed by atoms with Crippen LogP contribution >= 0.6 is 11.6 Å². The second-order valence-electron chi connectivity index (χ2n) is 6.20. The molecule has 2 N–H and O–H groups in total. The molecular formula is C22H20ClN3O3. The van der Waals surface area contributed by atoms with Gasteiger partial charge in [0.1, 0.15) is 11.4 Å². The number of ether oxygens (including phenoxy) is 1. The summed E-state index contributed by atoms with van der Waals surface area (Å²) >= 11 is 5.96. The fraction of sp³-hybridized carbons (Fsp3) is 0.136. The van der Waals surface area contributed by atoms with Crippen LogP contribution in [0.3, 0.4) is 0 Å². The van der Waals surface area contributed by atoms with E-state index in [-0.39, 0.29) is 18.0 Å². The third-order valence-electron chi connectivity index (χ3n) is 4.07. The zero-order valence-corrected chi connectivity index (χ0v) is 16.8. The Labute approximate surface area is 173 Å². The monoisotopic (exact) mass is 409 g/mol. The van der Waals surface area contributed by atoms with E-state index in [0.717, 1.165) is 11.3 Å². The maximum Gasteiger partial charge on any atom is 0.343 e. The molecule has 2 aromatic carbocycles. The molecule has 0 aliphatic carbocycles. The molecule has 1 heterocycles. The molecule has 0 fully saturated rings. The van der Waals surface area contributed by atoms with Crippen LogP contribution in [0.25, 0.3) is 6.08 Å². The van der Waals surface area contributed by atoms with Crippen LogP contribution in [0.5, 0.6) is 0 Å². The van der Waals surface area contributed by atoms with Crippen LogP contribution in [0.2, 0.25) is 5.02 Å². The Bertz CT molecular complexity index is 1040. The average molecular weight is 410 g/mol. The predicted molar refractivity (Wildman–Crippen MR) is 115 cm³/mol. The van der Waals surface area contributed by atoms with Crippen molar-refractivity contribution >= 4 is 46.8 Å². The molecule has 3 rings (SSSR count). The fourth-order valence-electron chi connectivity index (χ4n) is 2.78. The molecule has 148 valence electrons. The van der Waals surface area contributed by atoms with E-state index in [0.29, 0.717) is 16.4 Å². The highest BCUT2D eigenvalue weighted by atomic mass is 35.5. The van der Waals surface area contributed by atoms with Gasteiger partial charge in [-0.1, -0.05) is 35.9 Å². The molecule has 2 aromatic rings. The second-order valence-corrected chi connectivity index (χ2v) is 6.64. The number of anilines is 1. The van der Waals surface area contributed by atoms with Gasteiger partial charge in [0.15, 0.2) is 0 Å². The lowest BCUT2D eigenvalue weighted by atomic mass is 10.1. The third-order valence-corrected chi connectivity index (χ3v) is 4.30. The zero-order chi connectivity index (χ0) is 20.8. The Hall–Kier alpha value is -3.38. The summed E-state index contributed by atoms with van der Waals surface area (Å²) in [6.45, 7) is 3.66. The number of halogens is 1. The topological polar surface area (TPSA) is 79.8 Å². The first-order valence-corrected chi connectivity index (χ1v) is 9.43. The number of amidine groups is 1. The number of rotatable bonds is 4. The van der Waals surface area contributed by atoms with Gasteiger partial charge in [-0.15, -0.1) is 0 Å². The molecule has 0 aromatic heterocycles. The van der Waals surface area contributed by atoms with Crippen molar-refractivity contribution in [1.82, 2.24) is 5.32 Å². The number of allylic oxidation sites excluding steroid dienone is 1. The van der Waals surface area contributed by atoms with Crippen molar-refractivity contribution in [3.05, 3.63) is 76.5 Å². The fourth-order valence-corrected chi connectivity index (χ4v) is 2.98. The smallest absolute Gasteiger partial charge is 0.343 e. The van der Waals surface area contributed by atoms with Gasteiger partial charge in [0.05, 0.1) is 18.0 Å². The van der Waals surface area contributed by atoms with Gasteiger partial charge in [0.25, 0.3) is 0 Å². The number of aliphatic imine (C=N–C) groups is 1. The standard InChI is InChI=1S/C22H20ClN3O3/c1-3-29-22(28)20-14(2)24-17-9-4-5-10-18(17)25-21(20)26-19(27)12-11-15-7-6-8-16(23)13-15/h4-13,24H,3H2,1-2H3,(H,25,26,27). The van der Waals surface area contributed by atoms with Crippen molar-refractivity contribution in [2.24, 2.45) is 4.99 Å². The Morgan fingerprint density at radius 3 is 2.76 bits per heavy atom. The summed E-state index contributed by atoms with van der Waals surface area (Å²) < 4.78 is 5.16. The molecule has 1 amide bonds. The normalized spacial score (nSPS) is 13.3. The first-order valence-electron chi connectivity index (χ1n) is 9.05. The number of nitrogens with one attached hydrogen (secondary N) is 2. The molecule has 0 unspecified atom stereocenters. The molecule has 0 spiro atoms.